The first kappa shape index (κ1) is 20.0. The van der Waals surface area contributed by atoms with E-state index in [1.54, 1.807) is 24.3 Å². The molecular weight excluding hydrogens is 433 g/mol. The first-order valence-corrected chi connectivity index (χ1v) is 11.0. The molecule has 4 aromatic rings. The standard InChI is InChI=1S/C23H21Cl2N5O/c24-16-4-7-18(8-5-16)26-23(31)29-11-2-10-28(13-14-29)22-21-3-1-12-30(21)20-9-6-17(25)15-19(20)27-22/h1,3-9,12,15H,2,10-11,13-14H2,(H,26,31). The van der Waals surface area contributed by atoms with Gasteiger partial charge >= 0.3 is 6.03 Å². The van der Waals surface area contributed by atoms with E-state index in [0.717, 1.165) is 41.0 Å². The van der Waals surface area contributed by atoms with Crippen LogP contribution in [0, 0.1) is 0 Å². The summed E-state index contributed by atoms with van der Waals surface area (Å²) < 4.78 is 2.14. The van der Waals surface area contributed by atoms with Crippen molar-refractivity contribution < 1.29 is 4.79 Å². The molecule has 1 aliphatic rings. The normalized spacial score (nSPS) is 14.8. The maximum absolute atomic E-state index is 12.8. The van der Waals surface area contributed by atoms with Crippen molar-refractivity contribution in [1.82, 2.24) is 14.3 Å². The van der Waals surface area contributed by atoms with Crippen molar-refractivity contribution >= 4 is 57.3 Å². The number of nitrogens with one attached hydrogen (secondary N) is 1. The highest BCUT2D eigenvalue weighted by molar-refractivity contribution is 6.31. The minimum atomic E-state index is -0.102. The Morgan fingerprint density at radius 3 is 2.55 bits per heavy atom. The molecule has 2 amide bonds. The molecule has 1 fully saturated rings. The Balaban J connectivity index is 1.37. The van der Waals surface area contributed by atoms with Crippen LogP contribution in [-0.2, 0) is 0 Å². The molecule has 0 radical (unpaired) electrons. The number of nitrogens with zero attached hydrogens (tertiary/aromatic N) is 4. The van der Waals surface area contributed by atoms with Crippen LogP contribution in [0.2, 0.25) is 10.0 Å². The topological polar surface area (TPSA) is 52.9 Å². The Morgan fingerprint density at radius 1 is 0.903 bits per heavy atom. The number of halogens is 2. The molecule has 0 unspecified atom stereocenters. The fourth-order valence-electron chi connectivity index (χ4n) is 4.04. The molecule has 2 aromatic heterocycles. The maximum atomic E-state index is 12.8. The van der Waals surface area contributed by atoms with Gasteiger partial charge < -0.3 is 19.5 Å². The lowest BCUT2D eigenvalue weighted by atomic mass is 10.2. The molecule has 0 bridgehead atoms. The monoisotopic (exact) mass is 453 g/mol. The number of rotatable bonds is 2. The minimum absolute atomic E-state index is 0.102. The molecule has 31 heavy (non-hydrogen) atoms. The van der Waals surface area contributed by atoms with Gasteiger partial charge in [0.2, 0.25) is 0 Å². The van der Waals surface area contributed by atoms with Crippen molar-refractivity contribution in [2.75, 3.05) is 36.4 Å². The number of carbonyl (C=O) groups excluding carboxylic acids is 1. The largest absolute Gasteiger partial charge is 0.353 e. The van der Waals surface area contributed by atoms with E-state index in [1.807, 2.05) is 35.4 Å². The molecule has 2 aromatic carbocycles. The number of hydrogen-bond donors (Lipinski definition) is 1. The zero-order valence-corrected chi connectivity index (χ0v) is 18.3. The Labute approximate surface area is 190 Å². The third-order valence-corrected chi connectivity index (χ3v) is 6.07. The summed E-state index contributed by atoms with van der Waals surface area (Å²) in [5.74, 6) is 0.916. The van der Waals surface area contributed by atoms with E-state index in [4.69, 9.17) is 28.2 Å². The van der Waals surface area contributed by atoms with Crippen molar-refractivity contribution in [3.05, 3.63) is 70.8 Å². The zero-order valence-electron chi connectivity index (χ0n) is 16.8. The highest BCUT2D eigenvalue weighted by Gasteiger charge is 2.22. The van der Waals surface area contributed by atoms with Gasteiger partial charge in [-0.1, -0.05) is 23.2 Å². The summed E-state index contributed by atoms with van der Waals surface area (Å²) in [6.45, 7) is 2.83. The summed E-state index contributed by atoms with van der Waals surface area (Å²) in [5.41, 5.74) is 3.66. The second-order valence-corrected chi connectivity index (χ2v) is 8.47. The van der Waals surface area contributed by atoms with Crippen molar-refractivity contribution in [3.8, 4) is 0 Å². The average molecular weight is 454 g/mol. The van der Waals surface area contributed by atoms with Crippen LogP contribution >= 0.6 is 23.2 Å². The summed E-state index contributed by atoms with van der Waals surface area (Å²) in [6.07, 6.45) is 2.90. The molecule has 8 heteroatoms. The van der Waals surface area contributed by atoms with Gasteiger partial charge in [0.15, 0.2) is 5.82 Å². The third kappa shape index (κ3) is 4.01. The van der Waals surface area contributed by atoms with E-state index < -0.39 is 0 Å². The summed E-state index contributed by atoms with van der Waals surface area (Å²) in [7, 11) is 0. The molecule has 1 saturated heterocycles. The predicted octanol–water partition coefficient (Wildman–Crippen LogP) is 5.54. The van der Waals surface area contributed by atoms with Crippen molar-refractivity contribution in [3.63, 3.8) is 0 Å². The van der Waals surface area contributed by atoms with E-state index in [1.165, 1.54) is 0 Å². The van der Waals surface area contributed by atoms with E-state index in [-0.39, 0.29) is 6.03 Å². The highest BCUT2D eigenvalue weighted by atomic mass is 35.5. The van der Waals surface area contributed by atoms with Crippen LogP contribution in [-0.4, -0.2) is 46.5 Å². The highest BCUT2D eigenvalue weighted by Crippen LogP contribution is 2.28. The number of carbonyl (C=O) groups is 1. The molecule has 3 heterocycles. The van der Waals surface area contributed by atoms with Crippen LogP contribution in [0.4, 0.5) is 16.3 Å². The number of urea groups is 1. The van der Waals surface area contributed by atoms with Gasteiger partial charge in [-0.3, -0.25) is 0 Å². The quantitative estimate of drug-likeness (QED) is 0.433. The summed E-state index contributed by atoms with van der Waals surface area (Å²) >= 11 is 12.1. The first-order chi connectivity index (χ1) is 15.1. The van der Waals surface area contributed by atoms with Crippen LogP contribution in [0.3, 0.4) is 0 Å². The Hall–Kier alpha value is -2.96. The van der Waals surface area contributed by atoms with Gasteiger partial charge in [0.1, 0.15) is 0 Å². The first-order valence-electron chi connectivity index (χ1n) is 10.2. The number of amides is 2. The Bertz CT molecular complexity index is 1250. The maximum Gasteiger partial charge on any atom is 0.321 e. The Kier molecular flexibility index (Phi) is 5.34. The fraction of sp³-hybridized carbons (Fsp3) is 0.217. The molecule has 0 atom stereocenters. The molecule has 1 aliphatic heterocycles. The van der Waals surface area contributed by atoms with E-state index in [9.17, 15) is 4.79 Å². The smallest absolute Gasteiger partial charge is 0.321 e. The van der Waals surface area contributed by atoms with Crippen molar-refractivity contribution in [2.24, 2.45) is 0 Å². The molecule has 0 aliphatic carbocycles. The predicted molar refractivity (Wildman–Crippen MR) is 127 cm³/mol. The molecule has 0 saturated carbocycles. The van der Waals surface area contributed by atoms with Gasteiger partial charge in [0.05, 0.1) is 16.6 Å². The zero-order chi connectivity index (χ0) is 21.4. The summed E-state index contributed by atoms with van der Waals surface area (Å²) in [6, 6.07) is 16.9. The van der Waals surface area contributed by atoms with Gasteiger partial charge in [-0.2, -0.15) is 0 Å². The van der Waals surface area contributed by atoms with Gasteiger partial charge in [0.25, 0.3) is 0 Å². The fourth-order valence-corrected chi connectivity index (χ4v) is 4.33. The summed E-state index contributed by atoms with van der Waals surface area (Å²) in [5, 5.41) is 4.26. The van der Waals surface area contributed by atoms with Crippen LogP contribution in [0.25, 0.3) is 16.6 Å². The van der Waals surface area contributed by atoms with Gasteiger partial charge in [-0.25, -0.2) is 9.78 Å². The van der Waals surface area contributed by atoms with E-state index in [0.29, 0.717) is 29.7 Å². The minimum Gasteiger partial charge on any atom is -0.353 e. The van der Waals surface area contributed by atoms with Crippen molar-refractivity contribution in [1.29, 1.82) is 0 Å². The van der Waals surface area contributed by atoms with Crippen LogP contribution in [0.5, 0.6) is 0 Å². The lowest BCUT2D eigenvalue weighted by Gasteiger charge is -2.24. The second-order valence-electron chi connectivity index (χ2n) is 7.60. The number of fused-ring (bicyclic) bond motifs is 3. The Morgan fingerprint density at radius 2 is 1.71 bits per heavy atom. The van der Waals surface area contributed by atoms with Gasteiger partial charge in [-0.15, -0.1) is 0 Å². The molecule has 158 valence electrons. The van der Waals surface area contributed by atoms with Crippen LogP contribution < -0.4 is 10.2 Å². The number of aromatic nitrogens is 2. The summed E-state index contributed by atoms with van der Waals surface area (Å²) in [4.78, 5) is 21.8. The van der Waals surface area contributed by atoms with Crippen LogP contribution in [0.1, 0.15) is 6.42 Å². The van der Waals surface area contributed by atoms with E-state index >= 15 is 0 Å². The lowest BCUT2D eigenvalue weighted by Crippen LogP contribution is -2.38. The molecule has 6 nitrogen and oxygen atoms in total. The second kappa shape index (κ2) is 8.29. The third-order valence-electron chi connectivity index (χ3n) is 5.58. The number of hydrogen-bond acceptors (Lipinski definition) is 3. The van der Waals surface area contributed by atoms with Gasteiger partial charge in [0, 0.05) is 48.1 Å². The van der Waals surface area contributed by atoms with Crippen molar-refractivity contribution in [2.45, 2.75) is 6.42 Å². The molecule has 1 N–H and O–H groups in total. The molecule has 5 rings (SSSR count). The van der Waals surface area contributed by atoms with E-state index in [2.05, 4.69) is 20.7 Å². The number of benzene rings is 2. The SMILES string of the molecule is O=C(Nc1ccc(Cl)cc1)N1CCCN(c2nc3cc(Cl)ccc3n3cccc23)CC1. The molecular formula is C23H21Cl2N5O. The lowest BCUT2D eigenvalue weighted by molar-refractivity contribution is 0.215. The molecule has 0 spiro atoms. The average Bonchev–Trinajstić information content (AvgIpc) is 3.12. The van der Waals surface area contributed by atoms with Crippen LogP contribution in [0.15, 0.2) is 60.8 Å². The number of anilines is 2. The van der Waals surface area contributed by atoms with Gasteiger partial charge in [-0.05, 0) is 61.0 Å².